The summed E-state index contributed by atoms with van der Waals surface area (Å²) in [5.74, 6) is 2.39. The zero-order valence-corrected chi connectivity index (χ0v) is 29.8. The zero-order valence-electron chi connectivity index (χ0n) is 29.8. The number of aromatic nitrogens is 1. The third-order valence-corrected chi connectivity index (χ3v) is 12.5. The first-order valence-electron chi connectivity index (χ1n) is 19.1. The van der Waals surface area contributed by atoms with Gasteiger partial charge in [0.15, 0.2) is 0 Å². The molecular formula is C52H35NO. The molecular weight excluding hydrogens is 655 g/mol. The van der Waals surface area contributed by atoms with Gasteiger partial charge in [0, 0.05) is 38.9 Å². The Kier molecular flexibility index (Phi) is 6.06. The van der Waals surface area contributed by atoms with E-state index < -0.39 is 5.41 Å². The van der Waals surface area contributed by atoms with Gasteiger partial charge in [-0.2, -0.15) is 0 Å². The molecule has 54 heavy (non-hydrogen) atoms. The quantitative estimate of drug-likeness (QED) is 0.176. The second-order valence-corrected chi connectivity index (χ2v) is 15.2. The minimum Gasteiger partial charge on any atom is -0.457 e. The molecule has 0 bridgehead atoms. The van der Waals surface area contributed by atoms with Crippen molar-refractivity contribution in [3.63, 3.8) is 0 Å². The van der Waals surface area contributed by atoms with Crippen LogP contribution in [0, 0.1) is 5.92 Å². The van der Waals surface area contributed by atoms with Crippen molar-refractivity contribution in [1.82, 2.24) is 4.57 Å². The number of rotatable bonds is 2. The molecule has 254 valence electrons. The third kappa shape index (κ3) is 3.85. The molecule has 3 aliphatic rings. The summed E-state index contributed by atoms with van der Waals surface area (Å²) in [5.41, 5.74) is 12.0. The lowest BCUT2D eigenvalue weighted by atomic mass is 9.66. The van der Waals surface area contributed by atoms with E-state index in [1.54, 1.807) is 0 Å². The maximum absolute atomic E-state index is 6.97. The number of fused-ring (bicyclic) bond motifs is 15. The van der Waals surface area contributed by atoms with E-state index in [0.717, 1.165) is 11.5 Å². The van der Waals surface area contributed by atoms with E-state index in [4.69, 9.17) is 4.74 Å². The van der Waals surface area contributed by atoms with E-state index in [0.29, 0.717) is 0 Å². The van der Waals surface area contributed by atoms with Crippen LogP contribution in [0.2, 0.25) is 0 Å². The molecule has 12 rings (SSSR count). The molecule has 0 saturated heterocycles. The molecule has 0 N–H and O–H groups in total. The minimum atomic E-state index is -0.529. The molecule has 1 spiro atoms. The van der Waals surface area contributed by atoms with E-state index in [2.05, 4.69) is 194 Å². The van der Waals surface area contributed by atoms with Gasteiger partial charge in [-0.25, -0.2) is 0 Å². The Bertz CT molecular complexity index is 3070. The molecule has 1 aromatic heterocycles. The summed E-state index contributed by atoms with van der Waals surface area (Å²) in [7, 11) is 0. The number of ether oxygens (including phenoxy) is 1. The first-order valence-corrected chi connectivity index (χ1v) is 19.1. The van der Waals surface area contributed by atoms with Crippen LogP contribution in [0.25, 0.3) is 60.2 Å². The lowest BCUT2D eigenvalue weighted by Gasteiger charge is -2.39. The molecule has 2 atom stereocenters. The van der Waals surface area contributed by atoms with Crippen molar-refractivity contribution in [2.24, 2.45) is 5.92 Å². The van der Waals surface area contributed by atoms with E-state index in [1.165, 1.54) is 88.0 Å². The molecule has 8 aromatic carbocycles. The van der Waals surface area contributed by atoms with Crippen molar-refractivity contribution in [3.05, 3.63) is 210 Å². The van der Waals surface area contributed by atoms with Crippen LogP contribution in [0.15, 0.2) is 182 Å². The molecule has 0 saturated carbocycles. The summed E-state index contributed by atoms with van der Waals surface area (Å²) < 4.78 is 9.51. The Morgan fingerprint density at radius 2 is 1.17 bits per heavy atom. The van der Waals surface area contributed by atoms with Crippen LogP contribution >= 0.6 is 0 Å². The number of nitrogens with zero attached hydrogens (tertiary/aromatic N) is 1. The molecule has 2 nitrogen and oxygen atoms in total. The van der Waals surface area contributed by atoms with Gasteiger partial charge in [-0.3, -0.25) is 0 Å². The summed E-state index contributed by atoms with van der Waals surface area (Å²) in [6.07, 6.45) is 7.30. The van der Waals surface area contributed by atoms with Gasteiger partial charge in [0.1, 0.15) is 11.5 Å². The van der Waals surface area contributed by atoms with Crippen molar-refractivity contribution in [1.29, 1.82) is 0 Å². The van der Waals surface area contributed by atoms with Crippen LogP contribution in [-0.4, -0.2) is 4.57 Å². The molecule has 2 aliphatic carbocycles. The van der Waals surface area contributed by atoms with Gasteiger partial charge in [-0.05, 0) is 74.2 Å². The predicted octanol–water partition coefficient (Wildman–Crippen LogP) is 13.4. The van der Waals surface area contributed by atoms with Crippen molar-refractivity contribution in [2.75, 3.05) is 0 Å². The van der Waals surface area contributed by atoms with Gasteiger partial charge in [0.2, 0.25) is 0 Å². The Labute approximate surface area is 313 Å². The number of benzene rings is 8. The Morgan fingerprint density at radius 3 is 1.94 bits per heavy atom. The van der Waals surface area contributed by atoms with Crippen LogP contribution in [0.3, 0.4) is 0 Å². The molecule has 0 fully saturated rings. The van der Waals surface area contributed by atoms with Crippen molar-refractivity contribution >= 4 is 49.0 Å². The summed E-state index contributed by atoms with van der Waals surface area (Å²) in [4.78, 5) is 0. The van der Waals surface area contributed by atoms with Crippen molar-refractivity contribution < 1.29 is 4.74 Å². The van der Waals surface area contributed by atoms with E-state index in [9.17, 15) is 0 Å². The van der Waals surface area contributed by atoms with E-state index in [-0.39, 0.29) is 11.8 Å². The van der Waals surface area contributed by atoms with Gasteiger partial charge < -0.3 is 9.30 Å². The van der Waals surface area contributed by atoms with Crippen molar-refractivity contribution in [3.8, 4) is 22.6 Å². The monoisotopic (exact) mass is 689 g/mol. The minimum absolute atomic E-state index is 0.275. The van der Waals surface area contributed by atoms with Crippen LogP contribution in [0.5, 0.6) is 11.5 Å². The molecule has 2 heteroatoms. The first kappa shape index (κ1) is 29.9. The molecule has 9 aromatic rings. The Morgan fingerprint density at radius 1 is 0.519 bits per heavy atom. The fraction of sp³-hybridized carbons (Fsp3) is 0.0769. The number of hydrogen-bond acceptors (Lipinski definition) is 1. The fourth-order valence-electron chi connectivity index (χ4n) is 10.3. The average Bonchev–Trinajstić information content (AvgIpc) is 3.71. The Balaban J connectivity index is 1.16. The lowest BCUT2D eigenvalue weighted by Crippen LogP contribution is -2.32. The number of para-hydroxylation sites is 1. The first-order chi connectivity index (χ1) is 26.7. The highest BCUT2D eigenvalue weighted by Crippen LogP contribution is 2.62. The standard InChI is InChI=1S/C52H35NO/c1-32-29-35(26-28-36(32)39-20-12-15-33-13-2-4-16-37(33)39)53-48-31-47-50(30-43(48)42-27-25-34-14-3-5-17-38(34)51(42)53)54-49-24-11-10-23-46(49)52(47)44-21-8-6-18-40(44)41-19-7-9-22-45(41)52/h2-32,36H,1H3. The van der Waals surface area contributed by atoms with Crippen molar-refractivity contribution in [2.45, 2.75) is 18.3 Å². The van der Waals surface area contributed by atoms with Gasteiger partial charge in [-0.15, -0.1) is 0 Å². The fourth-order valence-corrected chi connectivity index (χ4v) is 10.3. The summed E-state index contributed by atoms with van der Waals surface area (Å²) in [5, 5.41) is 7.53. The molecule has 1 aliphatic heterocycles. The SMILES string of the molecule is CC1C=C(n2c3cc4c(cc3c3ccc5ccccc5c32)Oc2ccccc2C42c3ccccc3-c3ccccc32)C=CC1c1cccc2ccccc12. The maximum Gasteiger partial charge on any atom is 0.133 e. The normalized spacial score (nSPS) is 17.7. The largest absolute Gasteiger partial charge is 0.457 e. The van der Waals surface area contributed by atoms with Crippen LogP contribution in [0.1, 0.15) is 40.7 Å². The van der Waals surface area contributed by atoms with Crippen LogP contribution < -0.4 is 4.74 Å². The number of allylic oxidation sites excluding steroid dienone is 4. The summed E-state index contributed by atoms with van der Waals surface area (Å²) in [6.45, 7) is 2.37. The maximum atomic E-state index is 6.97. The highest BCUT2D eigenvalue weighted by atomic mass is 16.5. The number of hydrogen-bond donors (Lipinski definition) is 0. The molecule has 0 amide bonds. The van der Waals surface area contributed by atoms with Gasteiger partial charge >= 0.3 is 0 Å². The second-order valence-electron chi connectivity index (χ2n) is 15.2. The molecule has 0 radical (unpaired) electrons. The van der Waals surface area contributed by atoms with Crippen LogP contribution in [-0.2, 0) is 5.41 Å². The van der Waals surface area contributed by atoms with E-state index in [1.807, 2.05) is 0 Å². The highest BCUT2D eigenvalue weighted by molar-refractivity contribution is 6.20. The van der Waals surface area contributed by atoms with Gasteiger partial charge in [0.05, 0.1) is 16.4 Å². The lowest BCUT2D eigenvalue weighted by molar-refractivity contribution is 0.437. The van der Waals surface area contributed by atoms with Crippen LogP contribution in [0.4, 0.5) is 0 Å². The summed E-state index contributed by atoms with van der Waals surface area (Å²) >= 11 is 0. The topological polar surface area (TPSA) is 14.2 Å². The van der Waals surface area contributed by atoms with Gasteiger partial charge in [-0.1, -0.05) is 165 Å². The third-order valence-electron chi connectivity index (χ3n) is 12.5. The van der Waals surface area contributed by atoms with E-state index >= 15 is 0 Å². The summed E-state index contributed by atoms with van der Waals surface area (Å²) in [6, 6.07) is 60.3. The highest BCUT2D eigenvalue weighted by Gasteiger charge is 2.51. The molecule has 2 heterocycles. The predicted molar refractivity (Wildman–Crippen MR) is 224 cm³/mol. The second kappa shape index (κ2) is 10.9. The average molecular weight is 690 g/mol. The molecule has 2 unspecified atom stereocenters. The van der Waals surface area contributed by atoms with Gasteiger partial charge in [0.25, 0.3) is 0 Å². The Hall–Kier alpha value is -6.64. The zero-order chi connectivity index (χ0) is 35.5. The smallest absolute Gasteiger partial charge is 0.133 e.